The Kier molecular flexibility index (Phi) is 14.9. The van der Waals surface area contributed by atoms with E-state index in [1.807, 2.05) is 0 Å². The number of carbonyl (C=O) groups is 2. The van der Waals surface area contributed by atoms with Crippen molar-refractivity contribution in [2.45, 2.75) is 36.2 Å². The fourth-order valence-electron chi connectivity index (χ4n) is 6.39. The lowest BCUT2D eigenvalue weighted by atomic mass is 9.95. The summed E-state index contributed by atoms with van der Waals surface area (Å²) in [6.45, 7) is 1.44. The minimum Gasteiger partial charge on any atom is -0.451 e. The zero-order valence-electron chi connectivity index (χ0n) is 30.2. The molecule has 16 heteroatoms. The number of likely N-dealkylation sites (tertiary alicyclic amines) is 1. The molecule has 0 bridgehead atoms. The van der Waals surface area contributed by atoms with E-state index in [2.05, 4.69) is 70.4 Å². The average molecular weight is 801 g/mol. The Balaban J connectivity index is 0.000000254. The van der Waals surface area contributed by atoms with Gasteiger partial charge in [0.25, 0.3) is 0 Å². The molecule has 294 valence electrons. The van der Waals surface area contributed by atoms with Crippen molar-refractivity contribution in [1.29, 1.82) is 0 Å². The highest BCUT2D eigenvalue weighted by Crippen LogP contribution is 2.33. The minimum atomic E-state index is -4.65. The van der Waals surface area contributed by atoms with Crippen molar-refractivity contribution < 1.29 is 45.8 Å². The molecular weight excluding hydrogens is 758 g/mol. The first kappa shape index (κ1) is 41.5. The first-order chi connectivity index (χ1) is 26.5. The molecule has 0 unspecified atom stereocenters. The lowest BCUT2D eigenvalue weighted by Gasteiger charge is -2.38. The molecule has 4 aromatic rings. The molecule has 6 rings (SSSR count). The van der Waals surface area contributed by atoms with E-state index in [1.54, 1.807) is 0 Å². The van der Waals surface area contributed by atoms with Gasteiger partial charge in [-0.05, 0) is 73.5 Å². The number of ether oxygens (including phenoxy) is 3. The maximum Gasteiger partial charge on any atom is 0.409 e. The van der Waals surface area contributed by atoms with Gasteiger partial charge in [-0.1, -0.05) is 78.7 Å². The average Bonchev–Trinajstić information content (AvgIpc) is 3.21. The number of rotatable bonds is 11. The number of carbonyl (C=O) groups excluding carboxylic acids is 2. The van der Waals surface area contributed by atoms with E-state index in [0.29, 0.717) is 27.5 Å². The monoisotopic (exact) mass is 800 g/mol. The lowest BCUT2D eigenvalue weighted by molar-refractivity contribution is -0.150. The molecule has 0 saturated carbocycles. The van der Waals surface area contributed by atoms with Crippen LogP contribution in [0.5, 0.6) is 11.5 Å². The van der Waals surface area contributed by atoms with Crippen molar-refractivity contribution in [1.82, 2.24) is 14.1 Å². The second-order valence-corrected chi connectivity index (χ2v) is 15.0. The van der Waals surface area contributed by atoms with Crippen LogP contribution in [0.1, 0.15) is 36.4 Å². The van der Waals surface area contributed by atoms with E-state index in [9.17, 15) is 26.8 Å². The number of hydrogen-bond donors (Lipinski definition) is 1. The highest BCUT2D eigenvalue weighted by Gasteiger charge is 2.43. The van der Waals surface area contributed by atoms with E-state index in [4.69, 9.17) is 31.7 Å². The number of benzene rings is 4. The van der Waals surface area contributed by atoms with Crippen molar-refractivity contribution >= 4 is 33.7 Å². The quantitative estimate of drug-likeness (QED) is 0.131. The number of piperidine rings is 1. The standard InChI is InChI=1S/C21H22ClF2N3O8S.C18H21N/c1-32-8-9-33-21(29)26-6-7-27(18(12-26)20(28)35-25)36(30,31)15-10-16(23)19(17(24)11-15)34-14-4-2-13(22)3-5-14;1-4-10-16(11-5-1)18(17-12-6-2-7-13-17)19-14-8-3-9-15-19/h2-5,10-11,18H,6-9,12,25H2,1H3;1-2,4-7,10-13,18H,3,8-9,14-15H2/t18-;/m1./s1. The van der Waals surface area contributed by atoms with Crippen LogP contribution in [0.3, 0.4) is 0 Å². The maximum absolute atomic E-state index is 14.7. The number of sulfonamides is 1. The fraction of sp³-hybridized carbons (Fsp3) is 0.333. The van der Waals surface area contributed by atoms with Crippen molar-refractivity contribution in [2.75, 3.05) is 53.0 Å². The Morgan fingerprint density at radius 2 is 1.42 bits per heavy atom. The van der Waals surface area contributed by atoms with Crippen molar-refractivity contribution in [3.05, 3.63) is 125 Å². The number of methoxy groups -OCH3 is 1. The molecule has 12 nitrogen and oxygen atoms in total. The Bertz CT molecular complexity index is 1910. The largest absolute Gasteiger partial charge is 0.451 e. The summed E-state index contributed by atoms with van der Waals surface area (Å²) < 4.78 is 71.6. The smallest absolute Gasteiger partial charge is 0.409 e. The Morgan fingerprint density at radius 3 is 1.96 bits per heavy atom. The Labute approximate surface area is 324 Å². The topological polar surface area (TPSA) is 141 Å². The van der Waals surface area contributed by atoms with Gasteiger partial charge < -0.3 is 23.9 Å². The number of amides is 1. The number of nitrogens with zero attached hydrogens (tertiary/aromatic N) is 3. The Hall–Kier alpha value is -4.64. The Morgan fingerprint density at radius 1 is 0.836 bits per heavy atom. The van der Waals surface area contributed by atoms with Gasteiger partial charge in [-0.2, -0.15) is 10.2 Å². The van der Waals surface area contributed by atoms with Crippen LogP contribution < -0.4 is 10.6 Å². The predicted octanol–water partition coefficient (Wildman–Crippen LogP) is 6.55. The number of piperazine rings is 1. The summed E-state index contributed by atoms with van der Waals surface area (Å²) in [4.78, 5) is 31.6. The fourth-order valence-corrected chi connectivity index (χ4v) is 8.11. The normalized spacial score (nSPS) is 16.5. The molecule has 1 atom stereocenters. The summed E-state index contributed by atoms with van der Waals surface area (Å²) >= 11 is 5.77. The van der Waals surface area contributed by atoms with Gasteiger partial charge in [0.05, 0.1) is 24.1 Å². The summed E-state index contributed by atoms with van der Waals surface area (Å²) in [5, 5.41) is 0.374. The summed E-state index contributed by atoms with van der Waals surface area (Å²) in [5.74, 6) is 0.386. The van der Waals surface area contributed by atoms with Crippen LogP contribution in [0.15, 0.2) is 102 Å². The summed E-state index contributed by atoms with van der Waals surface area (Å²) in [6.07, 6.45) is 3.22. The first-order valence-corrected chi connectivity index (χ1v) is 19.4. The molecule has 2 N–H and O–H groups in total. The molecule has 0 spiro atoms. The maximum atomic E-state index is 14.7. The van der Waals surface area contributed by atoms with Gasteiger partial charge in [-0.15, -0.1) is 0 Å². The number of nitrogens with two attached hydrogens (primary N) is 1. The molecule has 2 aliphatic rings. The third-order valence-corrected chi connectivity index (χ3v) is 11.2. The minimum absolute atomic E-state index is 0.0621. The summed E-state index contributed by atoms with van der Waals surface area (Å²) in [7, 11) is -3.24. The van der Waals surface area contributed by atoms with Crippen LogP contribution in [0, 0.1) is 11.6 Å². The third kappa shape index (κ3) is 10.8. The first-order valence-electron chi connectivity index (χ1n) is 17.6. The summed E-state index contributed by atoms with van der Waals surface area (Å²) in [6, 6.07) is 27.4. The van der Waals surface area contributed by atoms with E-state index < -0.39 is 63.5 Å². The molecule has 1 amide bonds. The summed E-state index contributed by atoms with van der Waals surface area (Å²) in [5.41, 5.74) is 2.83. The second-order valence-electron chi connectivity index (χ2n) is 12.7. The van der Waals surface area contributed by atoms with Crippen LogP contribution in [-0.2, 0) is 29.1 Å². The molecular formula is C39H43ClF2N4O8S. The number of halogens is 3. The molecule has 0 aliphatic carbocycles. The van der Waals surface area contributed by atoms with Crippen molar-refractivity contribution in [3.8, 4) is 11.5 Å². The lowest BCUT2D eigenvalue weighted by Crippen LogP contribution is -2.60. The highest BCUT2D eigenvalue weighted by atomic mass is 35.5. The zero-order valence-corrected chi connectivity index (χ0v) is 31.8. The van der Waals surface area contributed by atoms with Crippen LogP contribution in [0.2, 0.25) is 5.02 Å². The van der Waals surface area contributed by atoms with Crippen molar-refractivity contribution in [3.63, 3.8) is 0 Å². The van der Waals surface area contributed by atoms with E-state index in [0.717, 1.165) is 4.90 Å². The van der Waals surface area contributed by atoms with Gasteiger partial charge in [0, 0.05) is 25.2 Å². The van der Waals surface area contributed by atoms with Gasteiger partial charge in [0.15, 0.2) is 17.4 Å². The number of hydrogen-bond acceptors (Lipinski definition) is 10. The van der Waals surface area contributed by atoms with Gasteiger partial charge in [-0.3, -0.25) is 4.90 Å². The molecule has 2 heterocycles. The predicted molar refractivity (Wildman–Crippen MR) is 201 cm³/mol. The van der Waals surface area contributed by atoms with Crippen molar-refractivity contribution in [2.24, 2.45) is 5.90 Å². The molecule has 0 aromatic heterocycles. The van der Waals surface area contributed by atoms with Gasteiger partial charge in [0.2, 0.25) is 10.0 Å². The highest BCUT2D eigenvalue weighted by molar-refractivity contribution is 7.89. The van der Waals surface area contributed by atoms with Crippen LogP contribution in [0.25, 0.3) is 0 Å². The molecule has 2 fully saturated rings. The van der Waals surface area contributed by atoms with Gasteiger partial charge >= 0.3 is 12.1 Å². The SMILES string of the molecule is COCCOC(=O)N1CCN(S(=O)(=O)c2cc(F)c(Oc3ccc(Cl)cc3)c(F)c2)[C@@H](C(=O)ON)C1.c1ccc(C(c2ccccc2)N2CCCCC2)cc1. The van der Waals surface area contributed by atoms with Gasteiger partial charge in [0.1, 0.15) is 18.4 Å². The second kappa shape index (κ2) is 19.8. The van der Waals surface area contributed by atoms with Crippen LogP contribution in [0.4, 0.5) is 13.6 Å². The van der Waals surface area contributed by atoms with E-state index >= 15 is 0 Å². The molecule has 55 heavy (non-hydrogen) atoms. The molecule has 2 saturated heterocycles. The third-order valence-electron chi connectivity index (χ3n) is 9.09. The molecule has 4 aromatic carbocycles. The molecule has 0 radical (unpaired) electrons. The van der Waals surface area contributed by atoms with Crippen LogP contribution in [-0.4, -0.2) is 93.7 Å². The van der Waals surface area contributed by atoms with Crippen LogP contribution >= 0.6 is 11.6 Å². The zero-order chi connectivity index (χ0) is 39.4. The van der Waals surface area contributed by atoms with E-state index in [-0.39, 0.29) is 25.5 Å². The van der Waals surface area contributed by atoms with E-state index in [1.165, 1.54) is 74.9 Å². The molecule has 2 aliphatic heterocycles. The van der Waals surface area contributed by atoms with Gasteiger partial charge in [-0.25, -0.2) is 26.8 Å².